The first-order valence-electron chi connectivity index (χ1n) is 5.21. The van der Waals surface area contributed by atoms with Gasteiger partial charge in [-0.15, -0.1) is 0 Å². The van der Waals surface area contributed by atoms with Crippen LogP contribution in [0, 0.1) is 0 Å². The van der Waals surface area contributed by atoms with Crippen LogP contribution in [0.15, 0.2) is 0 Å². The van der Waals surface area contributed by atoms with Crippen LogP contribution < -0.4 is 4.72 Å². The third kappa shape index (κ3) is 6.76. The van der Waals surface area contributed by atoms with E-state index >= 15 is 0 Å². The minimum atomic E-state index is -3.67. The third-order valence-corrected chi connectivity index (χ3v) is 3.24. The first-order chi connectivity index (χ1) is 7.45. The van der Waals surface area contributed by atoms with Crippen molar-refractivity contribution in [3.8, 4) is 0 Å². The smallest absolute Gasteiger partial charge is 0.322 e. The molecule has 0 aromatic carbocycles. The third-order valence-electron chi connectivity index (χ3n) is 1.93. The second kappa shape index (κ2) is 7.59. The van der Waals surface area contributed by atoms with Crippen LogP contribution in [-0.4, -0.2) is 44.5 Å². The molecule has 1 atom stereocenters. The highest BCUT2D eigenvalue weighted by Gasteiger charge is 2.20. The van der Waals surface area contributed by atoms with E-state index in [-0.39, 0.29) is 19.3 Å². The Balaban J connectivity index is 4.27. The van der Waals surface area contributed by atoms with Crippen molar-refractivity contribution in [3.05, 3.63) is 0 Å². The minimum absolute atomic E-state index is 0.0968. The highest BCUT2D eigenvalue weighted by Crippen LogP contribution is 2.00. The second-order valence-electron chi connectivity index (χ2n) is 3.30. The van der Waals surface area contributed by atoms with E-state index in [0.717, 1.165) is 0 Å². The number of hydrogen-bond donors (Lipinski definition) is 2. The SMILES string of the molecule is CCOC(=O)CS(=O)(=O)NC(CC)CCO. The van der Waals surface area contributed by atoms with Gasteiger partial charge in [0.05, 0.1) is 6.61 Å². The van der Waals surface area contributed by atoms with Crippen molar-refractivity contribution < 1.29 is 23.1 Å². The molecule has 0 aromatic heterocycles. The van der Waals surface area contributed by atoms with Crippen LogP contribution in [0.5, 0.6) is 0 Å². The standard InChI is InChI=1S/C9H19NO5S/c1-3-8(5-6-11)10-16(13,14)7-9(12)15-4-2/h8,10-11H,3-7H2,1-2H3. The van der Waals surface area contributed by atoms with Crippen molar-refractivity contribution in [1.29, 1.82) is 0 Å². The van der Waals surface area contributed by atoms with E-state index in [0.29, 0.717) is 12.8 Å². The first-order valence-corrected chi connectivity index (χ1v) is 6.86. The quantitative estimate of drug-likeness (QED) is 0.576. The molecule has 2 N–H and O–H groups in total. The Hall–Kier alpha value is -0.660. The van der Waals surface area contributed by atoms with Crippen LogP contribution in [0.25, 0.3) is 0 Å². The van der Waals surface area contributed by atoms with Crippen molar-refractivity contribution in [1.82, 2.24) is 4.72 Å². The molecule has 1 unspecified atom stereocenters. The van der Waals surface area contributed by atoms with Crippen molar-refractivity contribution >= 4 is 16.0 Å². The van der Waals surface area contributed by atoms with Crippen molar-refractivity contribution in [2.75, 3.05) is 19.0 Å². The summed E-state index contributed by atoms with van der Waals surface area (Å²) >= 11 is 0. The summed E-state index contributed by atoms with van der Waals surface area (Å²) in [6.07, 6.45) is 0.890. The van der Waals surface area contributed by atoms with Gasteiger partial charge in [-0.2, -0.15) is 0 Å². The van der Waals surface area contributed by atoms with Crippen molar-refractivity contribution in [3.63, 3.8) is 0 Å². The number of nitrogens with one attached hydrogen (secondary N) is 1. The molecular formula is C9H19NO5S. The van der Waals surface area contributed by atoms with Crippen LogP contribution in [0.2, 0.25) is 0 Å². The Bertz CT molecular complexity index is 301. The van der Waals surface area contributed by atoms with Gasteiger partial charge in [0, 0.05) is 12.6 Å². The summed E-state index contributed by atoms with van der Waals surface area (Å²) in [4.78, 5) is 11.0. The summed E-state index contributed by atoms with van der Waals surface area (Å²) in [5, 5.41) is 8.70. The lowest BCUT2D eigenvalue weighted by molar-refractivity contribution is -0.139. The van der Waals surface area contributed by atoms with Gasteiger partial charge in [0.15, 0.2) is 5.75 Å². The first kappa shape index (κ1) is 15.3. The predicted octanol–water partition coefficient (Wildman–Crippen LogP) is -0.370. The molecule has 0 rings (SSSR count). The molecule has 0 saturated carbocycles. The molecule has 0 spiro atoms. The molecular weight excluding hydrogens is 234 g/mol. The molecule has 0 fully saturated rings. The lowest BCUT2D eigenvalue weighted by Crippen LogP contribution is -2.38. The molecule has 0 bridgehead atoms. The number of sulfonamides is 1. The van der Waals surface area contributed by atoms with Gasteiger partial charge in [0.1, 0.15) is 0 Å². The maximum absolute atomic E-state index is 11.5. The lowest BCUT2D eigenvalue weighted by Gasteiger charge is -2.15. The molecule has 0 aliphatic heterocycles. The molecule has 96 valence electrons. The topological polar surface area (TPSA) is 92.7 Å². The normalized spacial score (nSPS) is 13.4. The summed E-state index contributed by atoms with van der Waals surface area (Å²) < 4.78 is 29.8. The molecule has 0 amide bonds. The lowest BCUT2D eigenvalue weighted by atomic mass is 10.2. The number of carbonyl (C=O) groups is 1. The van der Waals surface area contributed by atoms with Crippen LogP contribution in [0.1, 0.15) is 26.7 Å². The second-order valence-corrected chi connectivity index (χ2v) is 5.05. The van der Waals surface area contributed by atoms with Crippen LogP contribution in [0.4, 0.5) is 0 Å². The number of carbonyl (C=O) groups excluding carboxylic acids is 1. The number of hydrogen-bond acceptors (Lipinski definition) is 5. The van der Waals surface area contributed by atoms with Gasteiger partial charge in [0.2, 0.25) is 10.0 Å². The molecule has 0 heterocycles. The van der Waals surface area contributed by atoms with E-state index in [1.54, 1.807) is 13.8 Å². The molecule has 0 radical (unpaired) electrons. The van der Waals surface area contributed by atoms with E-state index in [1.807, 2.05) is 0 Å². The summed E-state index contributed by atoms with van der Waals surface area (Å²) in [7, 11) is -3.67. The van der Waals surface area contributed by atoms with Crippen molar-refractivity contribution in [2.45, 2.75) is 32.7 Å². The fraction of sp³-hybridized carbons (Fsp3) is 0.889. The van der Waals surface area contributed by atoms with E-state index in [4.69, 9.17) is 5.11 Å². The zero-order valence-corrected chi connectivity index (χ0v) is 10.4. The molecule has 0 aromatic rings. The number of esters is 1. The summed E-state index contributed by atoms with van der Waals surface area (Å²) in [5.74, 6) is -1.45. The summed E-state index contributed by atoms with van der Waals surface area (Å²) in [5.41, 5.74) is 0. The Kier molecular flexibility index (Phi) is 7.27. The van der Waals surface area contributed by atoms with Crippen LogP contribution in [-0.2, 0) is 19.6 Å². The largest absolute Gasteiger partial charge is 0.465 e. The van der Waals surface area contributed by atoms with Gasteiger partial charge in [-0.3, -0.25) is 4.79 Å². The monoisotopic (exact) mass is 253 g/mol. The van der Waals surface area contributed by atoms with Gasteiger partial charge < -0.3 is 9.84 Å². The van der Waals surface area contributed by atoms with Gasteiger partial charge in [0.25, 0.3) is 0 Å². The summed E-state index contributed by atoms with van der Waals surface area (Å²) in [6.45, 7) is 3.47. The molecule has 0 aliphatic carbocycles. The Morgan fingerprint density at radius 3 is 2.50 bits per heavy atom. The molecule has 16 heavy (non-hydrogen) atoms. The molecule has 6 nitrogen and oxygen atoms in total. The molecule has 0 saturated heterocycles. The fourth-order valence-corrected chi connectivity index (χ4v) is 2.42. The van der Waals surface area contributed by atoms with Gasteiger partial charge in [-0.25, -0.2) is 13.1 Å². The van der Waals surface area contributed by atoms with E-state index < -0.39 is 21.7 Å². The maximum Gasteiger partial charge on any atom is 0.322 e. The Labute approximate surface area is 96.0 Å². The number of ether oxygens (including phenoxy) is 1. The van der Waals surface area contributed by atoms with E-state index in [9.17, 15) is 13.2 Å². The van der Waals surface area contributed by atoms with Crippen LogP contribution >= 0.6 is 0 Å². The zero-order chi connectivity index (χ0) is 12.6. The molecule has 0 aliphatic rings. The zero-order valence-electron chi connectivity index (χ0n) is 9.60. The van der Waals surface area contributed by atoms with Gasteiger partial charge >= 0.3 is 5.97 Å². The van der Waals surface area contributed by atoms with Gasteiger partial charge in [-0.05, 0) is 19.8 Å². The van der Waals surface area contributed by atoms with Crippen LogP contribution in [0.3, 0.4) is 0 Å². The van der Waals surface area contributed by atoms with E-state index in [2.05, 4.69) is 9.46 Å². The van der Waals surface area contributed by atoms with Crippen molar-refractivity contribution in [2.24, 2.45) is 0 Å². The molecule has 7 heteroatoms. The predicted molar refractivity (Wildman–Crippen MR) is 59.3 cm³/mol. The minimum Gasteiger partial charge on any atom is -0.465 e. The van der Waals surface area contributed by atoms with Gasteiger partial charge in [-0.1, -0.05) is 6.92 Å². The summed E-state index contributed by atoms with van der Waals surface area (Å²) in [6, 6.07) is -0.343. The van der Waals surface area contributed by atoms with E-state index in [1.165, 1.54) is 0 Å². The maximum atomic E-state index is 11.5. The fourth-order valence-electron chi connectivity index (χ4n) is 1.16. The Morgan fingerprint density at radius 1 is 1.44 bits per heavy atom. The Morgan fingerprint density at radius 2 is 2.06 bits per heavy atom. The number of aliphatic hydroxyl groups is 1. The average Bonchev–Trinajstić information content (AvgIpc) is 2.16. The highest BCUT2D eigenvalue weighted by atomic mass is 32.2. The average molecular weight is 253 g/mol. The highest BCUT2D eigenvalue weighted by molar-refractivity contribution is 7.90. The number of rotatable bonds is 8. The number of aliphatic hydroxyl groups excluding tert-OH is 1.